The van der Waals surface area contributed by atoms with Gasteiger partial charge in [-0.05, 0) is 30.4 Å². The Balaban J connectivity index is 1.49. The van der Waals surface area contributed by atoms with Gasteiger partial charge in [-0.3, -0.25) is 19.2 Å². The Labute approximate surface area is 217 Å². The molecule has 2 aromatic rings. The lowest BCUT2D eigenvalue weighted by Gasteiger charge is -2.25. The third-order valence-corrected chi connectivity index (χ3v) is 6.05. The molecule has 3 N–H and O–H groups in total. The molecule has 0 bridgehead atoms. The summed E-state index contributed by atoms with van der Waals surface area (Å²) in [6.07, 6.45) is -0.144. The highest BCUT2D eigenvalue weighted by Crippen LogP contribution is 2.18. The van der Waals surface area contributed by atoms with Crippen molar-refractivity contribution in [2.45, 2.75) is 71.1 Å². The second-order valence-corrected chi connectivity index (χ2v) is 9.48. The molecule has 9 nitrogen and oxygen atoms in total. The topological polar surface area (TPSA) is 123 Å². The lowest BCUT2D eigenvalue weighted by Crippen LogP contribution is -2.56. The highest BCUT2D eigenvalue weighted by atomic mass is 16.7. The number of cyclic esters (lactones) is 1. The SMILES string of the molecule is CC(C)[C@H](NC(=O)CCc1ccccc1)C(=O)N[C@@H](C)C(=O)NC1CC(=O)OC1OCc1ccccc1. The monoisotopic (exact) mass is 509 g/mol. The van der Waals surface area contributed by atoms with Crippen LogP contribution in [0.3, 0.4) is 0 Å². The van der Waals surface area contributed by atoms with Crippen molar-refractivity contribution in [3.8, 4) is 0 Å². The first-order valence-electron chi connectivity index (χ1n) is 12.5. The molecule has 0 aliphatic carbocycles. The van der Waals surface area contributed by atoms with Crippen LogP contribution < -0.4 is 16.0 Å². The van der Waals surface area contributed by atoms with Gasteiger partial charge in [-0.25, -0.2) is 0 Å². The maximum absolute atomic E-state index is 12.9. The van der Waals surface area contributed by atoms with Gasteiger partial charge in [0.15, 0.2) is 0 Å². The van der Waals surface area contributed by atoms with Crippen molar-refractivity contribution in [2.24, 2.45) is 5.92 Å². The summed E-state index contributed by atoms with van der Waals surface area (Å²) in [7, 11) is 0. The molecule has 1 aliphatic rings. The zero-order chi connectivity index (χ0) is 26.8. The van der Waals surface area contributed by atoms with Crippen LogP contribution in [0.15, 0.2) is 60.7 Å². The maximum Gasteiger partial charge on any atom is 0.310 e. The number of carbonyl (C=O) groups excluding carboxylic acids is 4. The number of hydrogen-bond donors (Lipinski definition) is 3. The second-order valence-electron chi connectivity index (χ2n) is 9.48. The van der Waals surface area contributed by atoms with Crippen LogP contribution in [0.4, 0.5) is 0 Å². The molecule has 3 rings (SSSR count). The Kier molecular flexibility index (Phi) is 10.2. The molecule has 3 amide bonds. The Bertz CT molecular complexity index is 1060. The van der Waals surface area contributed by atoms with E-state index >= 15 is 0 Å². The molecule has 0 aromatic heterocycles. The number of hydrogen-bond acceptors (Lipinski definition) is 6. The predicted octanol–water partition coefficient (Wildman–Crippen LogP) is 2.24. The summed E-state index contributed by atoms with van der Waals surface area (Å²) < 4.78 is 10.9. The number of amides is 3. The smallest absolute Gasteiger partial charge is 0.310 e. The lowest BCUT2D eigenvalue weighted by atomic mass is 10.0. The average Bonchev–Trinajstić information content (AvgIpc) is 3.24. The van der Waals surface area contributed by atoms with Gasteiger partial charge in [0.25, 0.3) is 0 Å². The number of rotatable bonds is 12. The molecule has 2 aromatic carbocycles. The number of esters is 1. The Morgan fingerprint density at radius 3 is 2.16 bits per heavy atom. The van der Waals surface area contributed by atoms with Crippen molar-refractivity contribution >= 4 is 23.7 Å². The summed E-state index contributed by atoms with van der Waals surface area (Å²) in [5.41, 5.74) is 1.94. The van der Waals surface area contributed by atoms with Crippen LogP contribution >= 0.6 is 0 Å². The first-order valence-corrected chi connectivity index (χ1v) is 12.5. The quantitative estimate of drug-likeness (QED) is 0.377. The van der Waals surface area contributed by atoms with Gasteiger partial charge in [-0.2, -0.15) is 0 Å². The molecule has 2 unspecified atom stereocenters. The molecule has 1 heterocycles. The van der Waals surface area contributed by atoms with E-state index in [1.165, 1.54) is 0 Å². The van der Waals surface area contributed by atoms with Crippen molar-refractivity contribution in [3.63, 3.8) is 0 Å². The van der Waals surface area contributed by atoms with E-state index in [-0.39, 0.29) is 31.3 Å². The fourth-order valence-corrected chi connectivity index (χ4v) is 3.92. The lowest BCUT2D eigenvalue weighted by molar-refractivity contribution is -0.168. The average molecular weight is 510 g/mol. The molecule has 4 atom stereocenters. The third kappa shape index (κ3) is 8.71. The van der Waals surface area contributed by atoms with Crippen molar-refractivity contribution in [2.75, 3.05) is 0 Å². The minimum Gasteiger partial charge on any atom is -0.433 e. The molecule has 1 saturated heterocycles. The van der Waals surface area contributed by atoms with E-state index in [2.05, 4.69) is 16.0 Å². The van der Waals surface area contributed by atoms with Crippen molar-refractivity contribution < 1.29 is 28.7 Å². The molecule has 0 spiro atoms. The zero-order valence-corrected chi connectivity index (χ0v) is 21.4. The van der Waals surface area contributed by atoms with Crippen LogP contribution in [0, 0.1) is 5.92 Å². The van der Waals surface area contributed by atoms with E-state index in [0.717, 1.165) is 11.1 Å². The molecule has 1 aliphatic heterocycles. The van der Waals surface area contributed by atoms with E-state index in [1.807, 2.05) is 74.5 Å². The minimum absolute atomic E-state index is 0.0298. The predicted molar refractivity (Wildman–Crippen MR) is 137 cm³/mol. The molecule has 0 saturated carbocycles. The summed E-state index contributed by atoms with van der Waals surface area (Å²) in [6, 6.07) is 16.6. The zero-order valence-electron chi connectivity index (χ0n) is 21.4. The number of aryl methyl sites for hydroxylation is 1. The van der Waals surface area contributed by atoms with E-state index in [1.54, 1.807) is 6.92 Å². The molecular formula is C28H35N3O6. The number of carbonyl (C=O) groups is 4. The van der Waals surface area contributed by atoms with Crippen molar-refractivity contribution in [3.05, 3.63) is 71.8 Å². The van der Waals surface area contributed by atoms with Crippen LogP contribution in [0.1, 0.15) is 44.7 Å². The minimum atomic E-state index is -0.924. The van der Waals surface area contributed by atoms with Gasteiger partial charge in [0.2, 0.25) is 24.0 Å². The van der Waals surface area contributed by atoms with Gasteiger partial charge in [-0.1, -0.05) is 74.5 Å². The van der Waals surface area contributed by atoms with Gasteiger partial charge >= 0.3 is 5.97 Å². The van der Waals surface area contributed by atoms with Gasteiger partial charge in [0, 0.05) is 6.42 Å². The molecular weight excluding hydrogens is 474 g/mol. The van der Waals surface area contributed by atoms with Crippen LogP contribution in [-0.4, -0.2) is 48.1 Å². The number of benzene rings is 2. The second kappa shape index (κ2) is 13.5. The van der Waals surface area contributed by atoms with Crippen LogP contribution in [0.5, 0.6) is 0 Å². The molecule has 198 valence electrons. The normalized spacial score (nSPS) is 18.5. The van der Waals surface area contributed by atoms with Gasteiger partial charge < -0.3 is 25.4 Å². The molecule has 9 heteroatoms. The van der Waals surface area contributed by atoms with Gasteiger partial charge in [0.05, 0.1) is 13.0 Å². The van der Waals surface area contributed by atoms with Crippen LogP contribution in [-0.2, 0) is 41.7 Å². The standard InChI is InChI=1S/C28H35N3O6/c1-18(2)25(31-23(32)15-14-20-10-6-4-7-11-20)27(35)29-19(3)26(34)30-22-16-24(33)37-28(22)36-17-21-12-8-5-9-13-21/h4-13,18-19,22,25,28H,14-17H2,1-3H3,(H,29,35)(H,30,34)(H,31,32)/t19-,22?,25-,28?/m0/s1. The maximum atomic E-state index is 12.9. The van der Waals surface area contributed by atoms with Gasteiger partial charge in [0.1, 0.15) is 18.1 Å². The Hall–Kier alpha value is -3.72. The summed E-state index contributed by atoms with van der Waals surface area (Å²) in [6.45, 7) is 5.40. The fraction of sp³-hybridized carbons (Fsp3) is 0.429. The molecule has 0 radical (unpaired) electrons. The Morgan fingerprint density at radius 2 is 1.54 bits per heavy atom. The van der Waals surface area contributed by atoms with Crippen LogP contribution in [0.25, 0.3) is 0 Å². The van der Waals surface area contributed by atoms with E-state index in [9.17, 15) is 19.2 Å². The molecule has 1 fully saturated rings. The summed E-state index contributed by atoms with van der Waals surface area (Å²) in [5, 5.41) is 8.18. The summed E-state index contributed by atoms with van der Waals surface area (Å²) >= 11 is 0. The van der Waals surface area contributed by atoms with E-state index in [0.29, 0.717) is 6.42 Å². The third-order valence-electron chi connectivity index (χ3n) is 6.05. The van der Waals surface area contributed by atoms with Crippen molar-refractivity contribution in [1.29, 1.82) is 0 Å². The number of nitrogens with one attached hydrogen (secondary N) is 3. The van der Waals surface area contributed by atoms with Crippen molar-refractivity contribution in [1.82, 2.24) is 16.0 Å². The first-order chi connectivity index (χ1) is 17.7. The highest BCUT2D eigenvalue weighted by Gasteiger charge is 2.38. The fourth-order valence-electron chi connectivity index (χ4n) is 3.92. The molecule has 37 heavy (non-hydrogen) atoms. The Morgan fingerprint density at radius 1 is 0.919 bits per heavy atom. The van der Waals surface area contributed by atoms with E-state index < -0.39 is 42.2 Å². The largest absolute Gasteiger partial charge is 0.433 e. The highest BCUT2D eigenvalue weighted by molar-refractivity contribution is 5.92. The van der Waals surface area contributed by atoms with Gasteiger partial charge in [-0.15, -0.1) is 0 Å². The van der Waals surface area contributed by atoms with E-state index in [4.69, 9.17) is 9.47 Å². The summed E-state index contributed by atoms with van der Waals surface area (Å²) in [4.78, 5) is 50.1. The first kappa shape index (κ1) is 27.9. The van der Waals surface area contributed by atoms with Crippen LogP contribution in [0.2, 0.25) is 0 Å². The number of ether oxygens (including phenoxy) is 2. The summed E-state index contributed by atoms with van der Waals surface area (Å²) in [5.74, 6) is -1.84.